The van der Waals surface area contributed by atoms with Crippen LogP contribution in [0.5, 0.6) is 0 Å². The van der Waals surface area contributed by atoms with Crippen molar-refractivity contribution in [1.82, 2.24) is 0 Å². The van der Waals surface area contributed by atoms with Crippen molar-refractivity contribution in [2.24, 2.45) is 0 Å². The molecule has 0 atom stereocenters. The van der Waals surface area contributed by atoms with Crippen LogP contribution in [0.15, 0.2) is 24.3 Å². The third-order valence-electron chi connectivity index (χ3n) is 1.64. The van der Waals surface area contributed by atoms with Gasteiger partial charge in [0.15, 0.2) is 0 Å². The molecule has 0 aliphatic rings. The smallest absolute Gasteiger partial charge is 0.384 e. The topological polar surface area (TPSA) is 26.3 Å². The van der Waals surface area contributed by atoms with Gasteiger partial charge in [0.1, 0.15) is 0 Å². The molecule has 0 heterocycles. The molecule has 0 saturated heterocycles. The molecule has 0 saturated carbocycles. The Balaban J connectivity index is 2.68. The molecule has 2 nitrogen and oxygen atoms in total. The Morgan fingerprint density at radius 1 is 1.36 bits per heavy atom. The largest absolute Gasteiger partial charge is 0.456 e. The molecule has 0 bridgehead atoms. The van der Waals surface area contributed by atoms with Crippen molar-refractivity contribution in [1.29, 1.82) is 0 Å². The van der Waals surface area contributed by atoms with Crippen LogP contribution in [0.3, 0.4) is 0 Å². The normalized spacial score (nSPS) is 8.71. The van der Waals surface area contributed by atoms with Gasteiger partial charge in [0, 0.05) is 11.5 Å². The van der Waals surface area contributed by atoms with E-state index in [-0.39, 0.29) is 0 Å². The number of hydrogen-bond acceptors (Lipinski definition) is 2. The van der Waals surface area contributed by atoms with Gasteiger partial charge in [0.05, 0.1) is 6.61 Å². The van der Waals surface area contributed by atoms with E-state index in [0.29, 0.717) is 6.61 Å². The number of esters is 1. The minimum absolute atomic E-state index is 0.363. The first-order valence-electron chi connectivity index (χ1n) is 4.48. The molecule has 0 unspecified atom stereocenters. The third kappa shape index (κ3) is 3.32. The molecule has 2 heteroatoms. The summed E-state index contributed by atoms with van der Waals surface area (Å²) in [6.45, 7) is 4.12. The Morgan fingerprint density at radius 2 is 2.00 bits per heavy atom. The highest BCUT2D eigenvalue weighted by Gasteiger charge is 1.92. The fraction of sp³-hybridized carbons (Fsp3) is 0.250. The molecule has 0 N–H and O–H groups in total. The van der Waals surface area contributed by atoms with Crippen LogP contribution in [0.25, 0.3) is 0 Å². The number of benzene rings is 1. The average molecular weight is 188 g/mol. The Kier molecular flexibility index (Phi) is 3.75. The van der Waals surface area contributed by atoms with Crippen molar-refractivity contribution < 1.29 is 9.53 Å². The molecule has 72 valence electrons. The zero-order valence-corrected chi connectivity index (χ0v) is 8.33. The lowest BCUT2D eigenvalue weighted by molar-refractivity contribution is -0.136. The molecule has 1 rings (SSSR count). The van der Waals surface area contributed by atoms with E-state index in [0.717, 1.165) is 5.56 Å². The van der Waals surface area contributed by atoms with Crippen molar-refractivity contribution >= 4 is 5.97 Å². The SMILES string of the molecule is CCOC(=O)C#Cc1ccc(C)cc1. The van der Waals surface area contributed by atoms with Crippen LogP contribution in [0, 0.1) is 18.8 Å². The maximum atomic E-state index is 10.9. The summed E-state index contributed by atoms with van der Waals surface area (Å²) in [7, 11) is 0. The van der Waals surface area contributed by atoms with E-state index in [1.807, 2.05) is 31.2 Å². The first-order valence-corrected chi connectivity index (χ1v) is 4.48. The van der Waals surface area contributed by atoms with Gasteiger partial charge in [0.2, 0.25) is 0 Å². The predicted molar refractivity (Wildman–Crippen MR) is 54.7 cm³/mol. The summed E-state index contributed by atoms with van der Waals surface area (Å²) in [5.74, 6) is 4.66. The molecule has 0 aromatic heterocycles. The Labute approximate surface area is 83.9 Å². The molecule has 14 heavy (non-hydrogen) atoms. The standard InChI is InChI=1S/C12H12O2/c1-3-14-12(13)9-8-11-6-4-10(2)5-7-11/h4-7H,3H2,1-2H3. The van der Waals surface area contributed by atoms with E-state index in [2.05, 4.69) is 16.6 Å². The Bertz CT molecular complexity index is 366. The van der Waals surface area contributed by atoms with Gasteiger partial charge in [-0.25, -0.2) is 4.79 Å². The highest BCUT2D eigenvalue weighted by Crippen LogP contribution is 2.00. The first-order chi connectivity index (χ1) is 6.72. The number of ether oxygens (including phenoxy) is 1. The Hall–Kier alpha value is -1.75. The molecule has 1 aromatic carbocycles. The number of hydrogen-bond donors (Lipinski definition) is 0. The third-order valence-corrected chi connectivity index (χ3v) is 1.64. The fourth-order valence-corrected chi connectivity index (χ4v) is 0.927. The Morgan fingerprint density at radius 3 is 2.57 bits per heavy atom. The van der Waals surface area contributed by atoms with Gasteiger partial charge < -0.3 is 4.74 Å². The molecular formula is C12H12O2. The second-order valence-electron chi connectivity index (χ2n) is 2.84. The second kappa shape index (κ2) is 5.08. The van der Waals surface area contributed by atoms with Crippen LogP contribution in [0.2, 0.25) is 0 Å². The van der Waals surface area contributed by atoms with E-state index in [9.17, 15) is 4.79 Å². The van der Waals surface area contributed by atoms with Crippen molar-refractivity contribution in [3.63, 3.8) is 0 Å². The van der Waals surface area contributed by atoms with Crippen LogP contribution >= 0.6 is 0 Å². The summed E-state index contributed by atoms with van der Waals surface area (Å²) in [5, 5.41) is 0. The van der Waals surface area contributed by atoms with Crippen LogP contribution in [0.4, 0.5) is 0 Å². The second-order valence-corrected chi connectivity index (χ2v) is 2.84. The van der Waals surface area contributed by atoms with E-state index < -0.39 is 5.97 Å². The average Bonchev–Trinajstić information content (AvgIpc) is 2.17. The van der Waals surface area contributed by atoms with Crippen molar-refractivity contribution in [3.8, 4) is 11.8 Å². The lowest BCUT2D eigenvalue weighted by Crippen LogP contribution is -1.99. The van der Waals surface area contributed by atoms with Crippen molar-refractivity contribution in [2.45, 2.75) is 13.8 Å². The summed E-state index contributed by atoms with van der Waals surface area (Å²) < 4.78 is 4.67. The highest BCUT2D eigenvalue weighted by atomic mass is 16.5. The maximum absolute atomic E-state index is 10.9. The van der Waals surface area contributed by atoms with Crippen LogP contribution in [-0.4, -0.2) is 12.6 Å². The number of carbonyl (C=O) groups excluding carboxylic acids is 1. The molecular weight excluding hydrogens is 176 g/mol. The van der Waals surface area contributed by atoms with Gasteiger partial charge in [-0.2, -0.15) is 0 Å². The predicted octanol–water partition coefficient (Wildman–Crippen LogP) is 1.91. The summed E-state index contributed by atoms with van der Waals surface area (Å²) in [5.41, 5.74) is 2.00. The van der Waals surface area contributed by atoms with E-state index in [4.69, 9.17) is 0 Å². The van der Waals surface area contributed by atoms with E-state index in [1.54, 1.807) is 6.92 Å². The fourth-order valence-electron chi connectivity index (χ4n) is 0.927. The lowest BCUT2D eigenvalue weighted by atomic mass is 10.2. The van der Waals surface area contributed by atoms with E-state index in [1.165, 1.54) is 5.56 Å². The molecule has 0 aliphatic heterocycles. The number of aryl methyl sites for hydroxylation is 1. The van der Waals surface area contributed by atoms with Crippen LogP contribution in [-0.2, 0) is 9.53 Å². The zero-order chi connectivity index (χ0) is 10.4. The molecule has 0 radical (unpaired) electrons. The van der Waals surface area contributed by atoms with Crippen molar-refractivity contribution in [2.75, 3.05) is 6.61 Å². The van der Waals surface area contributed by atoms with Gasteiger partial charge in [-0.15, -0.1) is 0 Å². The van der Waals surface area contributed by atoms with Crippen LogP contribution in [0.1, 0.15) is 18.1 Å². The van der Waals surface area contributed by atoms with Gasteiger partial charge in [-0.1, -0.05) is 23.6 Å². The summed E-state index contributed by atoms with van der Waals surface area (Å²) in [6, 6.07) is 7.66. The molecule has 0 spiro atoms. The maximum Gasteiger partial charge on any atom is 0.384 e. The first kappa shape index (κ1) is 10.3. The van der Waals surface area contributed by atoms with Crippen molar-refractivity contribution in [3.05, 3.63) is 35.4 Å². The summed E-state index contributed by atoms with van der Waals surface area (Å²) >= 11 is 0. The highest BCUT2D eigenvalue weighted by molar-refractivity contribution is 5.89. The summed E-state index contributed by atoms with van der Waals surface area (Å²) in [4.78, 5) is 10.9. The van der Waals surface area contributed by atoms with E-state index >= 15 is 0 Å². The van der Waals surface area contributed by atoms with Gasteiger partial charge in [0.25, 0.3) is 0 Å². The zero-order valence-electron chi connectivity index (χ0n) is 8.33. The quantitative estimate of drug-likeness (QED) is 0.497. The number of rotatable bonds is 1. The van der Waals surface area contributed by atoms with Gasteiger partial charge in [-0.3, -0.25) is 0 Å². The lowest BCUT2D eigenvalue weighted by Gasteiger charge is -1.92. The monoisotopic (exact) mass is 188 g/mol. The molecule has 0 aliphatic carbocycles. The molecule has 1 aromatic rings. The van der Waals surface area contributed by atoms with Crippen LogP contribution < -0.4 is 0 Å². The summed E-state index contributed by atoms with van der Waals surface area (Å²) in [6.07, 6.45) is 0. The molecule has 0 amide bonds. The van der Waals surface area contributed by atoms with Gasteiger partial charge >= 0.3 is 5.97 Å². The minimum atomic E-state index is -0.479. The van der Waals surface area contributed by atoms with Gasteiger partial charge in [-0.05, 0) is 26.0 Å². The minimum Gasteiger partial charge on any atom is -0.456 e. The molecule has 0 fully saturated rings. The number of carbonyl (C=O) groups is 1.